The van der Waals surface area contributed by atoms with Crippen LogP contribution in [-0.4, -0.2) is 18.1 Å². The second-order valence-corrected chi connectivity index (χ2v) is 4.23. The van der Waals surface area contributed by atoms with Gasteiger partial charge in [0, 0.05) is 22.5 Å². The molecule has 0 saturated carbocycles. The van der Waals surface area contributed by atoms with Gasteiger partial charge in [-0.25, -0.2) is 0 Å². The van der Waals surface area contributed by atoms with Crippen LogP contribution in [0, 0.1) is 29.6 Å². The zero-order chi connectivity index (χ0) is 13.8. The van der Waals surface area contributed by atoms with Gasteiger partial charge in [-0.3, -0.25) is 4.98 Å². The Kier molecular flexibility index (Phi) is 3.49. The molecule has 2 rings (SSSR count). The molecule has 0 aliphatic carbocycles. The monoisotopic (exact) mass is 251 g/mol. The van der Waals surface area contributed by atoms with Crippen LogP contribution in [0.1, 0.15) is 5.69 Å². The molecule has 0 fully saturated rings. The SMILES string of the molecule is Cc1cc(N(CC#N)CC#N)c2cc(N)ccc2n1. The van der Waals surface area contributed by atoms with Gasteiger partial charge in [0.1, 0.15) is 13.1 Å². The molecule has 0 atom stereocenters. The maximum Gasteiger partial charge on any atom is 0.106 e. The van der Waals surface area contributed by atoms with Crippen molar-refractivity contribution in [2.45, 2.75) is 6.92 Å². The molecule has 2 N–H and O–H groups in total. The molecule has 2 aromatic rings. The Balaban J connectivity index is 2.66. The summed E-state index contributed by atoms with van der Waals surface area (Å²) in [6, 6.07) is 11.5. The molecule has 0 spiro atoms. The Morgan fingerprint density at radius 2 is 1.89 bits per heavy atom. The van der Waals surface area contributed by atoms with E-state index in [9.17, 15) is 0 Å². The van der Waals surface area contributed by atoms with Crippen molar-refractivity contribution in [3.05, 3.63) is 30.0 Å². The number of fused-ring (bicyclic) bond motifs is 1. The number of nitriles is 2. The molecule has 5 nitrogen and oxygen atoms in total. The van der Waals surface area contributed by atoms with Crippen molar-refractivity contribution in [1.82, 2.24) is 4.98 Å². The Bertz CT molecular complexity index is 677. The van der Waals surface area contributed by atoms with Gasteiger partial charge in [0.2, 0.25) is 0 Å². The first kappa shape index (κ1) is 12.7. The number of nitrogen functional groups attached to an aromatic ring is 1. The number of anilines is 2. The lowest BCUT2D eigenvalue weighted by molar-refractivity contribution is 0.968. The van der Waals surface area contributed by atoms with Crippen LogP contribution < -0.4 is 10.6 Å². The molecular formula is C14H13N5. The van der Waals surface area contributed by atoms with Crippen molar-refractivity contribution in [1.29, 1.82) is 10.5 Å². The van der Waals surface area contributed by atoms with E-state index >= 15 is 0 Å². The van der Waals surface area contributed by atoms with Crippen molar-refractivity contribution in [2.75, 3.05) is 23.7 Å². The molecule has 0 aliphatic rings. The maximum atomic E-state index is 8.88. The summed E-state index contributed by atoms with van der Waals surface area (Å²) < 4.78 is 0. The van der Waals surface area contributed by atoms with Gasteiger partial charge in [-0.2, -0.15) is 10.5 Å². The number of hydrogen-bond donors (Lipinski definition) is 1. The summed E-state index contributed by atoms with van der Waals surface area (Å²) in [5.74, 6) is 0. The highest BCUT2D eigenvalue weighted by molar-refractivity contribution is 5.94. The van der Waals surface area contributed by atoms with Crippen LogP contribution in [0.2, 0.25) is 0 Å². The molecule has 94 valence electrons. The molecule has 1 aromatic carbocycles. The number of hydrogen-bond acceptors (Lipinski definition) is 5. The molecule has 0 radical (unpaired) electrons. The van der Waals surface area contributed by atoms with E-state index in [4.69, 9.17) is 16.3 Å². The molecule has 5 heteroatoms. The highest BCUT2D eigenvalue weighted by Crippen LogP contribution is 2.28. The Morgan fingerprint density at radius 3 is 2.53 bits per heavy atom. The molecule has 0 bridgehead atoms. The van der Waals surface area contributed by atoms with Crippen LogP contribution in [-0.2, 0) is 0 Å². The van der Waals surface area contributed by atoms with Crippen molar-refractivity contribution < 1.29 is 0 Å². The molecular weight excluding hydrogens is 238 g/mol. The highest BCUT2D eigenvalue weighted by Gasteiger charge is 2.11. The van der Waals surface area contributed by atoms with Crippen LogP contribution in [0.5, 0.6) is 0 Å². The zero-order valence-electron chi connectivity index (χ0n) is 10.6. The number of pyridine rings is 1. The minimum absolute atomic E-state index is 0.154. The fraction of sp³-hybridized carbons (Fsp3) is 0.214. The van der Waals surface area contributed by atoms with Gasteiger partial charge in [0.05, 0.1) is 17.7 Å². The van der Waals surface area contributed by atoms with Gasteiger partial charge in [-0.15, -0.1) is 0 Å². The third kappa shape index (κ3) is 2.56. The predicted molar refractivity (Wildman–Crippen MR) is 74.3 cm³/mol. The smallest absolute Gasteiger partial charge is 0.106 e. The van der Waals surface area contributed by atoms with Gasteiger partial charge in [0.15, 0.2) is 0 Å². The lowest BCUT2D eigenvalue weighted by atomic mass is 10.1. The first-order valence-electron chi connectivity index (χ1n) is 5.81. The average Bonchev–Trinajstić information content (AvgIpc) is 2.38. The minimum atomic E-state index is 0.154. The quantitative estimate of drug-likeness (QED) is 0.665. The standard InChI is InChI=1S/C14H13N5/c1-10-8-14(19(6-4-15)7-5-16)12-9-11(17)2-3-13(12)18-10/h2-3,8-9H,6-7,17H2,1H3. The van der Waals surface area contributed by atoms with Gasteiger partial charge in [-0.1, -0.05) is 0 Å². The molecule has 0 unspecified atom stereocenters. The molecule has 1 heterocycles. The number of nitrogens with zero attached hydrogens (tertiary/aromatic N) is 4. The van der Waals surface area contributed by atoms with E-state index in [0.717, 1.165) is 22.3 Å². The number of nitrogens with two attached hydrogens (primary N) is 1. The summed E-state index contributed by atoms with van der Waals surface area (Å²) in [5, 5.41) is 18.6. The number of rotatable bonds is 3. The lowest BCUT2D eigenvalue weighted by Crippen LogP contribution is -2.24. The van der Waals surface area contributed by atoms with Crippen molar-refractivity contribution in [2.24, 2.45) is 0 Å². The van der Waals surface area contributed by atoms with Gasteiger partial charge >= 0.3 is 0 Å². The minimum Gasteiger partial charge on any atom is -0.399 e. The van der Waals surface area contributed by atoms with Gasteiger partial charge in [-0.05, 0) is 31.2 Å². The fourth-order valence-electron chi connectivity index (χ4n) is 2.01. The van der Waals surface area contributed by atoms with Crippen molar-refractivity contribution in [3.8, 4) is 12.1 Å². The summed E-state index contributed by atoms with van der Waals surface area (Å²) in [4.78, 5) is 6.15. The summed E-state index contributed by atoms with van der Waals surface area (Å²) in [7, 11) is 0. The van der Waals surface area contributed by atoms with Crippen LogP contribution in [0.15, 0.2) is 24.3 Å². The van der Waals surface area contributed by atoms with Crippen LogP contribution in [0.25, 0.3) is 10.9 Å². The normalized spacial score (nSPS) is 9.84. The number of aromatic nitrogens is 1. The van der Waals surface area contributed by atoms with E-state index in [-0.39, 0.29) is 13.1 Å². The summed E-state index contributed by atoms with van der Waals surface area (Å²) >= 11 is 0. The topological polar surface area (TPSA) is 89.7 Å². The largest absolute Gasteiger partial charge is 0.399 e. The van der Waals surface area contributed by atoms with Gasteiger partial charge in [0.25, 0.3) is 0 Å². The summed E-state index contributed by atoms with van der Waals surface area (Å²) in [5.41, 5.74) is 8.90. The van der Waals surface area contributed by atoms with Crippen molar-refractivity contribution in [3.63, 3.8) is 0 Å². The second-order valence-electron chi connectivity index (χ2n) is 4.23. The number of aryl methyl sites for hydroxylation is 1. The molecule has 19 heavy (non-hydrogen) atoms. The van der Waals surface area contributed by atoms with Crippen LogP contribution in [0.3, 0.4) is 0 Å². The Labute approximate surface area is 111 Å². The summed E-state index contributed by atoms with van der Waals surface area (Å²) in [6.07, 6.45) is 0. The molecule has 1 aromatic heterocycles. The third-order valence-electron chi connectivity index (χ3n) is 2.80. The zero-order valence-corrected chi connectivity index (χ0v) is 10.6. The van der Waals surface area contributed by atoms with E-state index in [1.54, 1.807) is 11.0 Å². The first-order valence-corrected chi connectivity index (χ1v) is 5.81. The van der Waals surface area contributed by atoms with E-state index in [1.165, 1.54) is 0 Å². The van der Waals surface area contributed by atoms with Crippen LogP contribution in [0.4, 0.5) is 11.4 Å². The van der Waals surface area contributed by atoms with Gasteiger partial charge < -0.3 is 10.6 Å². The van der Waals surface area contributed by atoms with E-state index in [2.05, 4.69) is 17.1 Å². The Hall–Kier alpha value is -2.79. The first-order chi connectivity index (χ1) is 9.15. The third-order valence-corrected chi connectivity index (χ3v) is 2.80. The molecule has 0 amide bonds. The summed E-state index contributed by atoms with van der Waals surface area (Å²) in [6.45, 7) is 2.19. The highest BCUT2D eigenvalue weighted by atomic mass is 15.1. The van der Waals surface area contributed by atoms with Crippen LogP contribution >= 0.6 is 0 Å². The number of benzene rings is 1. The lowest BCUT2D eigenvalue weighted by Gasteiger charge is -2.20. The predicted octanol–water partition coefficient (Wildman–Crippen LogP) is 1.98. The van der Waals surface area contributed by atoms with E-state index in [0.29, 0.717) is 5.69 Å². The fourth-order valence-corrected chi connectivity index (χ4v) is 2.01. The molecule has 0 aliphatic heterocycles. The maximum absolute atomic E-state index is 8.88. The van der Waals surface area contributed by atoms with Crippen molar-refractivity contribution >= 4 is 22.3 Å². The average molecular weight is 251 g/mol. The molecule has 0 saturated heterocycles. The Morgan fingerprint density at radius 1 is 1.21 bits per heavy atom. The van der Waals surface area contributed by atoms with E-state index < -0.39 is 0 Å². The second kappa shape index (κ2) is 5.24. The van der Waals surface area contributed by atoms with E-state index in [1.807, 2.05) is 25.1 Å².